The van der Waals surface area contributed by atoms with E-state index in [4.69, 9.17) is 16.1 Å². The van der Waals surface area contributed by atoms with Crippen molar-refractivity contribution in [1.29, 1.82) is 0 Å². The molecule has 1 saturated heterocycles. The van der Waals surface area contributed by atoms with E-state index in [0.717, 1.165) is 24.8 Å². The van der Waals surface area contributed by atoms with Crippen LogP contribution in [0.15, 0.2) is 51.9 Å². The number of amides is 1. The molecule has 1 aliphatic rings. The Kier molecular flexibility index (Phi) is 6.59. The molecule has 0 saturated carbocycles. The molecule has 0 spiro atoms. The summed E-state index contributed by atoms with van der Waals surface area (Å²) < 4.78 is 33.6. The monoisotopic (exact) mass is 474 g/mol. The molecule has 10 heteroatoms. The highest BCUT2D eigenvalue weighted by Crippen LogP contribution is 2.24. The van der Waals surface area contributed by atoms with Crippen LogP contribution in [0.2, 0.25) is 5.02 Å². The molecule has 1 N–H and O–H groups in total. The molecule has 0 unspecified atom stereocenters. The smallest absolute Gasteiger partial charge is 0.316 e. The lowest BCUT2D eigenvalue weighted by Gasteiger charge is -2.24. The van der Waals surface area contributed by atoms with E-state index in [1.54, 1.807) is 48.2 Å². The normalized spacial score (nSPS) is 14.5. The summed E-state index contributed by atoms with van der Waals surface area (Å²) >= 11 is 5.88. The topological polar surface area (TPSA) is 105 Å². The van der Waals surface area contributed by atoms with Gasteiger partial charge in [0.1, 0.15) is 0 Å². The number of likely N-dealkylation sites (tertiary alicyclic amines) is 1. The number of carbonyl (C=O) groups excluding carboxylic acids is 1. The van der Waals surface area contributed by atoms with Gasteiger partial charge in [-0.2, -0.15) is 4.98 Å². The molecule has 0 bridgehead atoms. The van der Waals surface area contributed by atoms with Gasteiger partial charge in [-0.05, 0) is 55.5 Å². The van der Waals surface area contributed by atoms with Gasteiger partial charge in [0.2, 0.25) is 15.8 Å². The van der Waals surface area contributed by atoms with Gasteiger partial charge in [-0.25, -0.2) is 13.1 Å². The summed E-state index contributed by atoms with van der Waals surface area (Å²) in [5, 5.41) is 4.48. The second-order valence-corrected chi connectivity index (χ2v) is 9.88. The molecular weight excluding hydrogens is 452 g/mol. The lowest BCUT2D eigenvalue weighted by atomic mass is 10.1. The van der Waals surface area contributed by atoms with E-state index in [0.29, 0.717) is 29.2 Å². The molecule has 2 heterocycles. The molecule has 0 radical (unpaired) electrons. The predicted octanol–water partition coefficient (Wildman–Crippen LogP) is 3.80. The van der Waals surface area contributed by atoms with E-state index in [1.807, 2.05) is 0 Å². The van der Waals surface area contributed by atoms with Crippen molar-refractivity contribution in [2.75, 3.05) is 13.1 Å². The number of rotatable bonds is 6. The molecule has 1 amide bonds. The van der Waals surface area contributed by atoms with Gasteiger partial charge in [0.15, 0.2) is 0 Å². The number of nitrogens with one attached hydrogen (secondary N) is 1. The Morgan fingerprint density at radius 1 is 1.12 bits per heavy atom. The summed E-state index contributed by atoms with van der Waals surface area (Å²) in [4.78, 5) is 18.6. The van der Waals surface area contributed by atoms with Crippen molar-refractivity contribution in [2.24, 2.45) is 0 Å². The van der Waals surface area contributed by atoms with Gasteiger partial charge in [0.25, 0.3) is 0 Å². The molecular formula is C22H23ClN4O4S. The van der Waals surface area contributed by atoms with Crippen molar-refractivity contribution in [3.63, 3.8) is 0 Å². The zero-order chi connectivity index (χ0) is 22.7. The van der Waals surface area contributed by atoms with Crippen LogP contribution < -0.4 is 4.72 Å². The number of piperidine rings is 1. The van der Waals surface area contributed by atoms with Gasteiger partial charge in [-0.3, -0.25) is 4.79 Å². The highest BCUT2D eigenvalue weighted by atomic mass is 35.5. The summed E-state index contributed by atoms with van der Waals surface area (Å²) in [6.45, 7) is 3.17. The van der Waals surface area contributed by atoms with Gasteiger partial charge >= 0.3 is 11.8 Å². The minimum absolute atomic E-state index is 0.0901. The Labute approximate surface area is 191 Å². The van der Waals surface area contributed by atoms with Crippen molar-refractivity contribution >= 4 is 27.5 Å². The Balaban J connectivity index is 1.54. The standard InChI is InChI=1S/C22H23ClN4O4S/c1-15-5-8-17(20-25-21(31-26-20)22(28)27-11-3-2-4-12-27)13-19(15)32(29,30)24-14-16-6-9-18(23)10-7-16/h5-10,13,24H,2-4,11-12,14H2,1H3. The van der Waals surface area contributed by atoms with Crippen LogP contribution in [0.3, 0.4) is 0 Å². The molecule has 0 atom stereocenters. The maximum Gasteiger partial charge on any atom is 0.316 e. The molecule has 32 heavy (non-hydrogen) atoms. The van der Waals surface area contributed by atoms with Crippen LogP contribution in [0.1, 0.15) is 41.1 Å². The molecule has 2 aromatic carbocycles. The molecule has 1 aliphatic heterocycles. The number of nitrogens with zero attached hydrogens (tertiary/aromatic N) is 3. The average Bonchev–Trinajstić information content (AvgIpc) is 3.29. The van der Waals surface area contributed by atoms with Crippen molar-refractivity contribution in [2.45, 2.75) is 37.6 Å². The van der Waals surface area contributed by atoms with Crippen LogP contribution in [0.4, 0.5) is 0 Å². The third kappa shape index (κ3) is 5.01. The van der Waals surface area contributed by atoms with E-state index in [9.17, 15) is 13.2 Å². The van der Waals surface area contributed by atoms with Crippen molar-refractivity contribution in [1.82, 2.24) is 19.8 Å². The van der Waals surface area contributed by atoms with Crippen LogP contribution in [0.25, 0.3) is 11.4 Å². The summed E-state index contributed by atoms with van der Waals surface area (Å²) in [6.07, 6.45) is 3.01. The van der Waals surface area contributed by atoms with Gasteiger partial charge in [0, 0.05) is 30.2 Å². The Bertz CT molecular complexity index is 1220. The number of hydrogen-bond donors (Lipinski definition) is 1. The molecule has 1 aromatic heterocycles. The number of sulfonamides is 1. The first-order chi connectivity index (χ1) is 15.3. The highest BCUT2D eigenvalue weighted by Gasteiger charge is 2.25. The molecule has 0 aliphatic carbocycles. The summed E-state index contributed by atoms with van der Waals surface area (Å²) in [6, 6.07) is 11.8. The van der Waals surface area contributed by atoms with E-state index < -0.39 is 10.0 Å². The molecule has 168 valence electrons. The quantitative estimate of drug-likeness (QED) is 0.582. The van der Waals surface area contributed by atoms with Crippen LogP contribution in [0, 0.1) is 6.92 Å². The van der Waals surface area contributed by atoms with E-state index in [2.05, 4.69) is 14.9 Å². The van der Waals surface area contributed by atoms with E-state index in [1.165, 1.54) is 6.07 Å². The first-order valence-corrected chi connectivity index (χ1v) is 12.2. The number of benzene rings is 2. The van der Waals surface area contributed by atoms with Crippen LogP contribution in [-0.4, -0.2) is 42.5 Å². The Hall–Kier alpha value is -2.75. The van der Waals surface area contributed by atoms with Gasteiger partial charge in [0.05, 0.1) is 4.90 Å². The van der Waals surface area contributed by atoms with Crippen molar-refractivity contribution < 1.29 is 17.7 Å². The largest absolute Gasteiger partial charge is 0.334 e. The zero-order valence-electron chi connectivity index (χ0n) is 17.5. The second kappa shape index (κ2) is 9.40. The first kappa shape index (κ1) is 22.4. The molecule has 1 fully saturated rings. The maximum atomic E-state index is 12.9. The molecule has 8 nitrogen and oxygen atoms in total. The Morgan fingerprint density at radius 2 is 1.84 bits per heavy atom. The lowest BCUT2D eigenvalue weighted by Crippen LogP contribution is -2.35. The van der Waals surface area contributed by atoms with Crippen LogP contribution in [0.5, 0.6) is 0 Å². The third-order valence-electron chi connectivity index (χ3n) is 5.37. The fourth-order valence-electron chi connectivity index (χ4n) is 3.55. The predicted molar refractivity (Wildman–Crippen MR) is 120 cm³/mol. The fourth-order valence-corrected chi connectivity index (χ4v) is 4.96. The number of aromatic nitrogens is 2. The highest BCUT2D eigenvalue weighted by molar-refractivity contribution is 7.89. The van der Waals surface area contributed by atoms with E-state index >= 15 is 0 Å². The minimum Gasteiger partial charge on any atom is -0.334 e. The number of carbonyl (C=O) groups is 1. The summed E-state index contributed by atoms with van der Waals surface area (Å²) in [5.74, 6) is -0.222. The van der Waals surface area contributed by atoms with E-state index in [-0.39, 0.29) is 29.1 Å². The summed E-state index contributed by atoms with van der Waals surface area (Å²) in [7, 11) is -3.80. The third-order valence-corrected chi connectivity index (χ3v) is 7.16. The van der Waals surface area contributed by atoms with Crippen LogP contribution >= 0.6 is 11.6 Å². The zero-order valence-corrected chi connectivity index (χ0v) is 19.1. The minimum atomic E-state index is -3.80. The number of aryl methyl sites for hydroxylation is 1. The summed E-state index contributed by atoms with van der Waals surface area (Å²) in [5.41, 5.74) is 1.81. The molecule has 4 rings (SSSR count). The van der Waals surface area contributed by atoms with Crippen molar-refractivity contribution in [3.8, 4) is 11.4 Å². The average molecular weight is 475 g/mol. The van der Waals surface area contributed by atoms with Gasteiger partial charge in [-0.15, -0.1) is 0 Å². The SMILES string of the molecule is Cc1ccc(-c2noc(C(=O)N3CCCCC3)n2)cc1S(=O)(=O)NCc1ccc(Cl)cc1. The lowest BCUT2D eigenvalue weighted by molar-refractivity contribution is 0.0674. The maximum absolute atomic E-state index is 12.9. The van der Waals surface area contributed by atoms with Gasteiger partial charge < -0.3 is 9.42 Å². The second-order valence-electron chi connectivity index (χ2n) is 7.71. The first-order valence-electron chi connectivity index (χ1n) is 10.3. The van der Waals surface area contributed by atoms with Crippen LogP contribution in [-0.2, 0) is 16.6 Å². The molecule has 3 aromatic rings. The number of halogens is 1. The fraction of sp³-hybridized carbons (Fsp3) is 0.318. The Morgan fingerprint density at radius 3 is 2.56 bits per heavy atom. The number of hydrogen-bond acceptors (Lipinski definition) is 6. The van der Waals surface area contributed by atoms with Crippen molar-refractivity contribution in [3.05, 3.63) is 64.5 Å². The van der Waals surface area contributed by atoms with Gasteiger partial charge in [-0.1, -0.05) is 41.0 Å².